The fraction of sp³-hybridized carbons (Fsp3) is 0.667. The van der Waals surface area contributed by atoms with Crippen LogP contribution in [0.4, 0.5) is 0 Å². The van der Waals surface area contributed by atoms with E-state index in [4.69, 9.17) is 24.1 Å². The zero-order chi connectivity index (χ0) is 22.7. The number of carbonyl (C=O) groups excluding carboxylic acids is 2. The number of aliphatic carboxylic acids is 1. The Bertz CT molecular complexity index is 519. The second-order valence-corrected chi connectivity index (χ2v) is 4.94. The zero-order valence-corrected chi connectivity index (χ0v) is 17.9. The van der Waals surface area contributed by atoms with E-state index < -0.39 is 18.4 Å². The minimum absolute atomic E-state index is 0.226. The number of carbonyl (C=O) groups is 3. The molecule has 11 heteroatoms. The molecule has 2 N–H and O–H groups in total. The maximum Gasteiger partial charge on any atom is 0.366 e. The van der Waals surface area contributed by atoms with Crippen LogP contribution in [0.2, 0.25) is 0 Å². The first-order valence-electron chi connectivity index (χ1n) is 9.11. The summed E-state index contributed by atoms with van der Waals surface area (Å²) in [5.74, 6) is -1.44. The van der Waals surface area contributed by atoms with Gasteiger partial charge in [-0.3, -0.25) is 9.59 Å². The number of ether oxygens (including phenoxy) is 5. The van der Waals surface area contributed by atoms with Crippen LogP contribution in [0.1, 0.15) is 41.5 Å². The molecule has 1 rings (SSSR count). The number of rotatable bonds is 10. The number of carboxylic acid groups (broad SMARTS) is 1. The summed E-state index contributed by atoms with van der Waals surface area (Å²) in [6.07, 6.45) is 1.30. The van der Waals surface area contributed by atoms with Gasteiger partial charge in [0.1, 0.15) is 12.8 Å². The minimum Gasteiger partial charge on any atom is -0.499 e. The number of nitrogens with one attached hydrogen (secondary N) is 1. The molecule has 0 atom stereocenters. The van der Waals surface area contributed by atoms with Gasteiger partial charge in [-0.15, -0.1) is 0 Å². The standard InChI is InChI=1S/C7H9NO3.C7H16O3.C4H7NO3/c1-3-10-4-6-7(9)11-5(2)8-6;1-4-8-7(9-5-2)10-6-3;1-3(6)5-2-4(7)8/h4H,3H2,1-2H3;7H,4-6H2,1-3H3;2H2,1H3,(H,5,6)(H,7,8). The molecule has 0 fully saturated rings. The molecule has 0 saturated heterocycles. The molecular weight excluding hydrogens is 388 g/mol. The predicted octanol–water partition coefficient (Wildman–Crippen LogP) is 1.43. The molecule has 0 saturated carbocycles. The second kappa shape index (κ2) is 18.8. The van der Waals surface area contributed by atoms with E-state index in [1.807, 2.05) is 27.7 Å². The Morgan fingerprint density at radius 3 is 1.90 bits per heavy atom. The molecule has 29 heavy (non-hydrogen) atoms. The van der Waals surface area contributed by atoms with Gasteiger partial charge in [0.2, 0.25) is 5.91 Å². The zero-order valence-electron chi connectivity index (χ0n) is 17.9. The van der Waals surface area contributed by atoms with Gasteiger partial charge in [-0.1, -0.05) is 0 Å². The van der Waals surface area contributed by atoms with Crippen LogP contribution in [0, 0.1) is 0 Å². The van der Waals surface area contributed by atoms with E-state index in [1.54, 1.807) is 6.92 Å². The van der Waals surface area contributed by atoms with Gasteiger partial charge in [0.15, 0.2) is 11.6 Å². The molecule has 1 aliphatic rings. The number of esters is 1. The van der Waals surface area contributed by atoms with Crippen LogP contribution in [0.15, 0.2) is 17.0 Å². The first-order chi connectivity index (χ1) is 13.7. The van der Waals surface area contributed by atoms with E-state index in [1.165, 1.54) is 13.2 Å². The van der Waals surface area contributed by atoms with Gasteiger partial charge in [-0.05, 0) is 27.7 Å². The van der Waals surface area contributed by atoms with Crippen LogP contribution in [0.5, 0.6) is 0 Å². The number of amides is 1. The van der Waals surface area contributed by atoms with Gasteiger partial charge < -0.3 is 34.1 Å². The van der Waals surface area contributed by atoms with Gasteiger partial charge in [0.25, 0.3) is 6.48 Å². The lowest BCUT2D eigenvalue weighted by atomic mass is 10.5. The predicted molar refractivity (Wildman–Crippen MR) is 104 cm³/mol. The molecule has 0 aliphatic carbocycles. The summed E-state index contributed by atoms with van der Waals surface area (Å²) in [5.41, 5.74) is 0.226. The van der Waals surface area contributed by atoms with Crippen molar-refractivity contribution in [1.29, 1.82) is 0 Å². The van der Waals surface area contributed by atoms with Crippen molar-refractivity contribution in [2.45, 2.75) is 48.0 Å². The fourth-order valence-electron chi connectivity index (χ4n) is 1.41. The number of aliphatic imine (C=N–C) groups is 1. The average molecular weight is 420 g/mol. The van der Waals surface area contributed by atoms with Crippen molar-refractivity contribution in [3.8, 4) is 0 Å². The van der Waals surface area contributed by atoms with Crippen molar-refractivity contribution in [1.82, 2.24) is 5.32 Å². The van der Waals surface area contributed by atoms with E-state index in [0.29, 0.717) is 32.3 Å². The lowest BCUT2D eigenvalue weighted by molar-refractivity contribution is -0.282. The molecule has 1 heterocycles. The Morgan fingerprint density at radius 1 is 1.10 bits per heavy atom. The third kappa shape index (κ3) is 18.6. The molecule has 168 valence electrons. The maximum absolute atomic E-state index is 10.8. The summed E-state index contributed by atoms with van der Waals surface area (Å²) in [4.78, 5) is 34.3. The van der Waals surface area contributed by atoms with Crippen LogP contribution in [0.3, 0.4) is 0 Å². The molecular formula is C18H32N2O9. The molecule has 0 spiro atoms. The Balaban J connectivity index is 0. The monoisotopic (exact) mass is 420 g/mol. The number of carboxylic acids is 1. The SMILES string of the molecule is CC(=O)NCC(=O)O.CCOC(OCC)OCC.CCOC=C1N=C(C)OC1=O. The molecule has 0 unspecified atom stereocenters. The highest BCUT2D eigenvalue weighted by Crippen LogP contribution is 2.09. The van der Waals surface area contributed by atoms with Crippen molar-refractivity contribution in [3.05, 3.63) is 12.0 Å². The second-order valence-electron chi connectivity index (χ2n) is 4.94. The van der Waals surface area contributed by atoms with E-state index in [0.717, 1.165) is 0 Å². The van der Waals surface area contributed by atoms with Crippen LogP contribution in [0.25, 0.3) is 0 Å². The Kier molecular flexibility index (Phi) is 18.7. The van der Waals surface area contributed by atoms with Crippen molar-refractivity contribution in [2.24, 2.45) is 4.99 Å². The van der Waals surface area contributed by atoms with Gasteiger partial charge in [-0.2, -0.15) is 0 Å². The first kappa shape index (κ1) is 28.7. The van der Waals surface area contributed by atoms with Gasteiger partial charge in [-0.25, -0.2) is 9.79 Å². The molecule has 0 aromatic carbocycles. The molecule has 11 nitrogen and oxygen atoms in total. The van der Waals surface area contributed by atoms with Crippen LogP contribution in [-0.2, 0) is 38.1 Å². The van der Waals surface area contributed by atoms with E-state index >= 15 is 0 Å². The fourth-order valence-corrected chi connectivity index (χ4v) is 1.41. The van der Waals surface area contributed by atoms with Crippen molar-refractivity contribution in [2.75, 3.05) is 33.0 Å². The Labute approximate surface area is 171 Å². The van der Waals surface area contributed by atoms with Crippen molar-refractivity contribution in [3.63, 3.8) is 0 Å². The van der Waals surface area contributed by atoms with E-state index in [9.17, 15) is 14.4 Å². The third-order valence-corrected chi connectivity index (χ3v) is 2.49. The topological polar surface area (TPSA) is 142 Å². The number of hydrogen-bond donors (Lipinski definition) is 2. The number of cyclic esters (lactones) is 1. The highest BCUT2D eigenvalue weighted by molar-refractivity contribution is 6.03. The van der Waals surface area contributed by atoms with Gasteiger partial charge >= 0.3 is 11.9 Å². The Hall–Kier alpha value is -2.50. The highest BCUT2D eigenvalue weighted by Gasteiger charge is 2.19. The van der Waals surface area contributed by atoms with Crippen molar-refractivity contribution < 1.29 is 43.2 Å². The van der Waals surface area contributed by atoms with Gasteiger partial charge in [0, 0.05) is 33.7 Å². The molecule has 0 aromatic rings. The lowest BCUT2D eigenvalue weighted by Gasteiger charge is -2.15. The normalized spacial score (nSPS) is 13.6. The summed E-state index contributed by atoms with van der Waals surface area (Å²) < 4.78 is 24.7. The average Bonchev–Trinajstić information content (AvgIpc) is 2.97. The third-order valence-electron chi connectivity index (χ3n) is 2.49. The summed E-state index contributed by atoms with van der Waals surface area (Å²) >= 11 is 0. The van der Waals surface area contributed by atoms with Gasteiger partial charge in [0.05, 0.1) is 6.61 Å². The molecule has 0 radical (unpaired) electrons. The molecule has 1 aliphatic heterocycles. The summed E-state index contributed by atoms with van der Waals surface area (Å²) in [6, 6.07) is 0. The van der Waals surface area contributed by atoms with Crippen LogP contribution >= 0.6 is 0 Å². The largest absolute Gasteiger partial charge is 0.499 e. The van der Waals surface area contributed by atoms with Crippen LogP contribution in [-0.4, -0.2) is 68.3 Å². The number of hydrogen-bond acceptors (Lipinski definition) is 9. The number of nitrogens with zero attached hydrogens (tertiary/aromatic N) is 1. The quantitative estimate of drug-likeness (QED) is 0.232. The first-order valence-corrected chi connectivity index (χ1v) is 9.11. The van der Waals surface area contributed by atoms with Crippen LogP contribution < -0.4 is 5.32 Å². The summed E-state index contributed by atoms with van der Waals surface area (Å²) in [7, 11) is 0. The highest BCUT2D eigenvalue weighted by atomic mass is 16.8. The summed E-state index contributed by atoms with van der Waals surface area (Å²) in [5, 5.41) is 10.1. The van der Waals surface area contributed by atoms with Crippen molar-refractivity contribution >= 4 is 23.7 Å². The molecule has 0 bridgehead atoms. The molecule has 0 aromatic heterocycles. The lowest BCUT2D eigenvalue weighted by Crippen LogP contribution is -2.26. The maximum atomic E-state index is 10.8. The van der Waals surface area contributed by atoms with E-state index in [-0.39, 0.29) is 18.1 Å². The minimum atomic E-state index is -1.03. The Morgan fingerprint density at radius 2 is 1.62 bits per heavy atom. The smallest absolute Gasteiger partial charge is 0.366 e. The summed E-state index contributed by atoms with van der Waals surface area (Å²) in [6.45, 7) is 12.0. The molecule has 1 amide bonds. The van der Waals surface area contributed by atoms with E-state index in [2.05, 4.69) is 15.0 Å².